The van der Waals surface area contributed by atoms with Crippen LogP contribution in [0.2, 0.25) is 10.2 Å². The molecule has 3 heterocycles. The molecule has 0 fully saturated rings. The van der Waals surface area contributed by atoms with Crippen molar-refractivity contribution in [3.63, 3.8) is 0 Å². The lowest BCUT2D eigenvalue weighted by Gasteiger charge is -2.17. The van der Waals surface area contributed by atoms with Gasteiger partial charge in [-0.25, -0.2) is 24.8 Å². The number of pyridine rings is 1. The van der Waals surface area contributed by atoms with Crippen LogP contribution < -0.4 is 16.1 Å². The van der Waals surface area contributed by atoms with E-state index >= 15 is 0 Å². The number of urea groups is 1. The first-order chi connectivity index (χ1) is 15.3. The van der Waals surface area contributed by atoms with Crippen LogP contribution in [0, 0.1) is 0 Å². The zero-order valence-electron chi connectivity index (χ0n) is 17.1. The first-order valence-electron chi connectivity index (χ1n) is 9.17. The maximum Gasteiger partial charge on any atom is 0.323 e. The second kappa shape index (κ2) is 10.4. The van der Waals surface area contributed by atoms with Gasteiger partial charge in [-0.2, -0.15) is 5.10 Å². The number of hydrogen-bond acceptors (Lipinski definition) is 7. The fraction of sp³-hybridized carbons (Fsp3) is 0.211. The number of ether oxygens (including phenoxy) is 1. The zero-order chi connectivity index (χ0) is 23.3. The van der Waals surface area contributed by atoms with Gasteiger partial charge in [-0.1, -0.05) is 29.3 Å². The molecular formula is C19H19Cl2N7O4. The van der Waals surface area contributed by atoms with Gasteiger partial charge < -0.3 is 15.4 Å². The van der Waals surface area contributed by atoms with Crippen LogP contribution in [-0.4, -0.2) is 45.2 Å². The highest BCUT2D eigenvalue weighted by Gasteiger charge is 2.19. The van der Waals surface area contributed by atoms with Crippen molar-refractivity contribution >= 4 is 52.2 Å². The highest BCUT2D eigenvalue weighted by atomic mass is 35.5. The van der Waals surface area contributed by atoms with Gasteiger partial charge in [0.25, 0.3) is 5.91 Å². The van der Waals surface area contributed by atoms with E-state index in [9.17, 15) is 9.59 Å². The quantitative estimate of drug-likeness (QED) is 0.255. The maximum absolute atomic E-state index is 12.6. The van der Waals surface area contributed by atoms with Gasteiger partial charge in [-0.05, 0) is 13.0 Å². The van der Waals surface area contributed by atoms with Crippen LogP contribution in [0.15, 0.2) is 37.2 Å². The van der Waals surface area contributed by atoms with E-state index in [0.717, 1.165) is 0 Å². The molecular weight excluding hydrogens is 461 g/mol. The first-order valence-corrected chi connectivity index (χ1v) is 9.93. The van der Waals surface area contributed by atoms with Gasteiger partial charge in [0.05, 0.1) is 47.2 Å². The molecule has 0 radical (unpaired) electrons. The van der Waals surface area contributed by atoms with Gasteiger partial charge in [0.1, 0.15) is 5.69 Å². The van der Waals surface area contributed by atoms with Crippen molar-refractivity contribution < 1.29 is 19.2 Å². The summed E-state index contributed by atoms with van der Waals surface area (Å²) in [5.74, 6) is -0.636. The van der Waals surface area contributed by atoms with Crippen LogP contribution in [0.3, 0.4) is 0 Å². The van der Waals surface area contributed by atoms with E-state index in [1.54, 1.807) is 13.0 Å². The Balaban J connectivity index is 1.76. The van der Waals surface area contributed by atoms with Gasteiger partial charge in [0.15, 0.2) is 10.8 Å². The summed E-state index contributed by atoms with van der Waals surface area (Å²) in [5.41, 5.74) is 3.78. The molecule has 0 saturated carbocycles. The second-order valence-corrected chi connectivity index (χ2v) is 7.13. The largest absolute Gasteiger partial charge is 0.375 e. The van der Waals surface area contributed by atoms with E-state index in [-0.39, 0.29) is 28.2 Å². The predicted octanol–water partition coefficient (Wildman–Crippen LogP) is 3.63. The number of fused-ring (bicyclic) bond motifs is 1. The van der Waals surface area contributed by atoms with E-state index in [0.29, 0.717) is 17.0 Å². The molecule has 0 aliphatic rings. The molecule has 1 atom stereocenters. The SMILES string of the molecule is C=CCONC(=O)c1ncc(NC(=O)Nc2cnc3cc(Cl)nn3c2[C@H](C)OC)cc1Cl. The molecule has 3 aromatic heterocycles. The van der Waals surface area contributed by atoms with Crippen molar-refractivity contribution in [2.45, 2.75) is 13.0 Å². The minimum absolute atomic E-state index is 0.0190. The highest BCUT2D eigenvalue weighted by Crippen LogP contribution is 2.26. The number of halogens is 2. The lowest BCUT2D eigenvalue weighted by atomic mass is 10.2. The third kappa shape index (κ3) is 5.32. The minimum Gasteiger partial charge on any atom is -0.375 e. The molecule has 3 amide bonds. The number of carbonyl (C=O) groups excluding carboxylic acids is 2. The average molecular weight is 480 g/mol. The van der Waals surface area contributed by atoms with Crippen molar-refractivity contribution in [3.05, 3.63) is 58.7 Å². The number of rotatable bonds is 8. The summed E-state index contributed by atoms with van der Waals surface area (Å²) in [4.78, 5) is 37.6. The normalized spacial score (nSPS) is 11.8. The highest BCUT2D eigenvalue weighted by molar-refractivity contribution is 6.33. The van der Waals surface area contributed by atoms with Gasteiger partial charge in [0, 0.05) is 13.2 Å². The fourth-order valence-corrected chi connectivity index (χ4v) is 3.12. The van der Waals surface area contributed by atoms with Crippen LogP contribution in [0.5, 0.6) is 0 Å². The molecule has 3 N–H and O–H groups in total. The molecule has 0 bridgehead atoms. The number of methoxy groups -OCH3 is 1. The molecule has 0 aliphatic heterocycles. The van der Waals surface area contributed by atoms with E-state index in [1.165, 1.54) is 36.2 Å². The third-order valence-corrected chi connectivity index (χ3v) is 4.63. The summed E-state index contributed by atoms with van der Waals surface area (Å²) in [6.45, 7) is 5.38. The van der Waals surface area contributed by atoms with Crippen molar-refractivity contribution in [2.24, 2.45) is 0 Å². The van der Waals surface area contributed by atoms with Crippen molar-refractivity contribution in [1.29, 1.82) is 0 Å². The Kier molecular flexibility index (Phi) is 7.59. The Labute approximate surface area is 192 Å². The van der Waals surface area contributed by atoms with Crippen LogP contribution >= 0.6 is 23.2 Å². The van der Waals surface area contributed by atoms with Crippen LogP contribution in [-0.2, 0) is 9.57 Å². The van der Waals surface area contributed by atoms with Crippen molar-refractivity contribution in [3.8, 4) is 0 Å². The molecule has 11 nitrogen and oxygen atoms in total. The van der Waals surface area contributed by atoms with Gasteiger partial charge in [-0.15, -0.1) is 6.58 Å². The molecule has 3 rings (SSSR count). The zero-order valence-corrected chi connectivity index (χ0v) is 18.6. The Morgan fingerprint density at radius 1 is 1.25 bits per heavy atom. The summed E-state index contributed by atoms with van der Waals surface area (Å²) in [6.07, 6.45) is 3.79. The van der Waals surface area contributed by atoms with Crippen molar-refractivity contribution in [2.75, 3.05) is 24.4 Å². The van der Waals surface area contributed by atoms with Crippen LogP contribution in [0.1, 0.15) is 29.2 Å². The molecule has 168 valence electrons. The van der Waals surface area contributed by atoms with Gasteiger partial charge in [-0.3, -0.25) is 9.63 Å². The van der Waals surface area contributed by atoms with E-state index in [1.807, 2.05) is 0 Å². The molecule has 0 aliphatic carbocycles. The number of amides is 3. The van der Waals surface area contributed by atoms with Gasteiger partial charge in [0.2, 0.25) is 0 Å². The number of aromatic nitrogens is 4. The molecule has 0 unspecified atom stereocenters. The number of hydrogen-bond donors (Lipinski definition) is 3. The summed E-state index contributed by atoms with van der Waals surface area (Å²) >= 11 is 12.1. The lowest BCUT2D eigenvalue weighted by Crippen LogP contribution is -2.25. The molecule has 3 aromatic rings. The number of anilines is 2. The van der Waals surface area contributed by atoms with E-state index in [4.69, 9.17) is 32.8 Å². The standard InChI is InChI=1S/C19H19Cl2N7O4/c1-4-5-32-27-18(29)16-12(20)6-11(8-23-16)24-19(30)25-13-9-22-15-7-14(21)26-28(15)17(13)10(2)31-3/h4,6-10H,1,5H2,2-3H3,(H,27,29)(H2,24,25,30)/t10-/m0/s1. The Morgan fingerprint density at radius 2 is 2.03 bits per heavy atom. The number of nitrogens with zero attached hydrogens (tertiary/aromatic N) is 4. The maximum atomic E-state index is 12.6. The van der Waals surface area contributed by atoms with Crippen LogP contribution in [0.4, 0.5) is 16.2 Å². The third-order valence-electron chi connectivity index (χ3n) is 4.16. The summed E-state index contributed by atoms with van der Waals surface area (Å²) in [7, 11) is 1.53. The molecule has 13 heteroatoms. The summed E-state index contributed by atoms with van der Waals surface area (Å²) in [5, 5.41) is 9.74. The molecule has 32 heavy (non-hydrogen) atoms. The first kappa shape index (κ1) is 23.4. The summed E-state index contributed by atoms with van der Waals surface area (Å²) in [6, 6.07) is 2.37. The van der Waals surface area contributed by atoms with E-state index < -0.39 is 18.0 Å². The average Bonchev–Trinajstić information content (AvgIpc) is 3.13. The minimum atomic E-state index is -0.636. The summed E-state index contributed by atoms with van der Waals surface area (Å²) < 4.78 is 6.89. The van der Waals surface area contributed by atoms with Crippen molar-refractivity contribution in [1.82, 2.24) is 25.1 Å². The monoisotopic (exact) mass is 479 g/mol. The van der Waals surface area contributed by atoms with Gasteiger partial charge >= 0.3 is 6.03 Å². The lowest BCUT2D eigenvalue weighted by molar-refractivity contribution is 0.0417. The molecule has 0 spiro atoms. The number of carbonyl (C=O) groups is 2. The Morgan fingerprint density at radius 3 is 2.72 bits per heavy atom. The predicted molar refractivity (Wildman–Crippen MR) is 119 cm³/mol. The number of nitrogens with one attached hydrogen (secondary N) is 3. The topological polar surface area (TPSA) is 132 Å². The fourth-order valence-electron chi connectivity index (χ4n) is 2.70. The number of hydroxylamine groups is 1. The molecule has 0 saturated heterocycles. The second-order valence-electron chi connectivity index (χ2n) is 6.34. The van der Waals surface area contributed by atoms with Crippen LogP contribution in [0.25, 0.3) is 5.65 Å². The Bertz CT molecular complexity index is 1170. The van der Waals surface area contributed by atoms with E-state index in [2.05, 4.69) is 37.8 Å². The molecule has 0 aromatic carbocycles. The Hall–Kier alpha value is -3.25. The smallest absolute Gasteiger partial charge is 0.323 e.